The SMILES string of the molecule is CCc1cnc(C(=O)NOC)s1. The molecular formula is C7H10N2O2S. The highest BCUT2D eigenvalue weighted by Gasteiger charge is 2.09. The zero-order valence-corrected chi connectivity index (χ0v) is 7.77. The third kappa shape index (κ3) is 2.02. The summed E-state index contributed by atoms with van der Waals surface area (Å²) >= 11 is 1.38. The van der Waals surface area contributed by atoms with Crippen molar-refractivity contribution in [1.82, 2.24) is 10.5 Å². The third-order valence-electron chi connectivity index (χ3n) is 1.29. The van der Waals surface area contributed by atoms with Gasteiger partial charge in [-0.3, -0.25) is 9.63 Å². The summed E-state index contributed by atoms with van der Waals surface area (Å²) in [5, 5.41) is 0.439. The van der Waals surface area contributed by atoms with Crippen molar-refractivity contribution < 1.29 is 9.63 Å². The summed E-state index contributed by atoms with van der Waals surface area (Å²) in [4.78, 5) is 20.6. The number of thiazole rings is 1. The molecule has 66 valence electrons. The molecule has 1 aromatic heterocycles. The molecule has 5 heteroatoms. The molecule has 4 nitrogen and oxygen atoms in total. The summed E-state index contributed by atoms with van der Waals surface area (Å²) in [7, 11) is 1.40. The molecule has 0 aliphatic carbocycles. The predicted octanol–water partition coefficient (Wildman–Crippen LogP) is 0.997. The summed E-state index contributed by atoms with van der Waals surface area (Å²) in [6, 6.07) is 0. The molecule has 1 rings (SSSR count). The minimum absolute atomic E-state index is 0.290. The number of hydrogen-bond donors (Lipinski definition) is 1. The summed E-state index contributed by atoms with van der Waals surface area (Å²) in [5.74, 6) is -0.290. The number of aryl methyl sites for hydroxylation is 1. The minimum atomic E-state index is -0.290. The van der Waals surface area contributed by atoms with Crippen molar-refractivity contribution in [1.29, 1.82) is 0 Å². The third-order valence-corrected chi connectivity index (χ3v) is 2.43. The predicted molar refractivity (Wildman–Crippen MR) is 46.0 cm³/mol. The maximum absolute atomic E-state index is 11.1. The molecule has 0 fully saturated rings. The van der Waals surface area contributed by atoms with Crippen LogP contribution in [0.3, 0.4) is 0 Å². The Kier molecular flexibility index (Phi) is 3.19. The Morgan fingerprint density at radius 1 is 1.83 bits per heavy atom. The zero-order valence-electron chi connectivity index (χ0n) is 6.96. The van der Waals surface area contributed by atoms with Crippen LogP contribution in [0.1, 0.15) is 21.6 Å². The van der Waals surface area contributed by atoms with Crippen LogP contribution in [0.25, 0.3) is 0 Å². The highest BCUT2D eigenvalue weighted by molar-refractivity contribution is 7.13. The van der Waals surface area contributed by atoms with Crippen LogP contribution in [0.4, 0.5) is 0 Å². The van der Waals surface area contributed by atoms with E-state index in [1.165, 1.54) is 18.4 Å². The van der Waals surface area contributed by atoms with Crippen molar-refractivity contribution in [2.24, 2.45) is 0 Å². The maximum atomic E-state index is 11.1. The summed E-state index contributed by atoms with van der Waals surface area (Å²) in [6.07, 6.45) is 2.60. The van der Waals surface area contributed by atoms with E-state index < -0.39 is 0 Å². The maximum Gasteiger partial charge on any atom is 0.303 e. The van der Waals surface area contributed by atoms with E-state index in [0.29, 0.717) is 5.01 Å². The molecule has 0 saturated carbocycles. The number of carbonyl (C=O) groups is 1. The second-order valence-electron chi connectivity index (χ2n) is 2.12. The average Bonchev–Trinajstić information content (AvgIpc) is 2.52. The topological polar surface area (TPSA) is 51.2 Å². The Hall–Kier alpha value is -0.940. The van der Waals surface area contributed by atoms with Crippen molar-refractivity contribution in [3.05, 3.63) is 16.1 Å². The first-order valence-corrected chi connectivity index (χ1v) is 4.37. The van der Waals surface area contributed by atoms with Crippen molar-refractivity contribution >= 4 is 17.2 Å². The molecule has 1 heterocycles. The lowest BCUT2D eigenvalue weighted by atomic mass is 10.4. The Morgan fingerprint density at radius 3 is 3.08 bits per heavy atom. The number of nitrogens with one attached hydrogen (secondary N) is 1. The van der Waals surface area contributed by atoms with Crippen LogP contribution >= 0.6 is 11.3 Å². The second kappa shape index (κ2) is 4.18. The van der Waals surface area contributed by atoms with Gasteiger partial charge in [0.15, 0.2) is 5.01 Å². The van der Waals surface area contributed by atoms with Gasteiger partial charge in [-0.1, -0.05) is 6.92 Å². The largest absolute Gasteiger partial charge is 0.303 e. The highest BCUT2D eigenvalue weighted by Crippen LogP contribution is 2.12. The van der Waals surface area contributed by atoms with Gasteiger partial charge in [0.2, 0.25) is 0 Å². The van der Waals surface area contributed by atoms with E-state index in [0.717, 1.165) is 11.3 Å². The lowest BCUT2D eigenvalue weighted by Gasteiger charge is -1.95. The van der Waals surface area contributed by atoms with Crippen molar-refractivity contribution in [2.45, 2.75) is 13.3 Å². The molecular weight excluding hydrogens is 176 g/mol. The fourth-order valence-corrected chi connectivity index (χ4v) is 1.45. The van der Waals surface area contributed by atoms with Gasteiger partial charge in [-0.05, 0) is 6.42 Å². The van der Waals surface area contributed by atoms with Gasteiger partial charge < -0.3 is 0 Å². The van der Waals surface area contributed by atoms with Crippen molar-refractivity contribution in [3.8, 4) is 0 Å². The van der Waals surface area contributed by atoms with Gasteiger partial charge in [-0.2, -0.15) is 0 Å². The van der Waals surface area contributed by atoms with Crippen LogP contribution < -0.4 is 5.48 Å². The van der Waals surface area contributed by atoms with Crippen LogP contribution in [-0.4, -0.2) is 18.0 Å². The molecule has 0 atom stereocenters. The molecule has 0 aliphatic rings. The summed E-state index contributed by atoms with van der Waals surface area (Å²) in [5.41, 5.74) is 2.21. The van der Waals surface area contributed by atoms with Crippen LogP contribution in [0.5, 0.6) is 0 Å². The van der Waals surface area contributed by atoms with Gasteiger partial charge in [0, 0.05) is 11.1 Å². The van der Waals surface area contributed by atoms with Gasteiger partial charge in [0.05, 0.1) is 7.11 Å². The second-order valence-corrected chi connectivity index (χ2v) is 3.24. The van der Waals surface area contributed by atoms with Crippen LogP contribution in [-0.2, 0) is 11.3 Å². The average molecular weight is 186 g/mol. The number of hydrogen-bond acceptors (Lipinski definition) is 4. The van der Waals surface area contributed by atoms with E-state index in [1.54, 1.807) is 6.20 Å². The van der Waals surface area contributed by atoms with Crippen LogP contribution in [0.15, 0.2) is 6.20 Å². The van der Waals surface area contributed by atoms with E-state index in [4.69, 9.17) is 0 Å². The van der Waals surface area contributed by atoms with Gasteiger partial charge in [-0.15, -0.1) is 11.3 Å². The quantitative estimate of drug-likeness (QED) is 0.716. The standard InChI is InChI=1S/C7H10N2O2S/c1-3-5-4-8-7(12-5)6(10)9-11-2/h4H,3H2,1-2H3,(H,9,10). The van der Waals surface area contributed by atoms with E-state index in [2.05, 4.69) is 15.3 Å². The fourth-order valence-electron chi connectivity index (χ4n) is 0.712. The molecule has 12 heavy (non-hydrogen) atoms. The fraction of sp³-hybridized carbons (Fsp3) is 0.429. The molecule has 1 N–H and O–H groups in total. The summed E-state index contributed by atoms with van der Waals surface area (Å²) < 4.78 is 0. The minimum Gasteiger partial charge on any atom is -0.277 e. The van der Waals surface area contributed by atoms with Crippen LogP contribution in [0.2, 0.25) is 0 Å². The molecule has 0 spiro atoms. The molecule has 0 aliphatic heterocycles. The summed E-state index contributed by atoms with van der Waals surface area (Å²) in [6.45, 7) is 2.02. The Bertz CT molecular complexity index is 272. The number of hydroxylamine groups is 1. The van der Waals surface area contributed by atoms with Gasteiger partial charge >= 0.3 is 5.91 Å². The lowest BCUT2D eigenvalue weighted by Crippen LogP contribution is -2.21. The van der Waals surface area contributed by atoms with E-state index >= 15 is 0 Å². The molecule has 1 aromatic rings. The molecule has 0 unspecified atom stereocenters. The van der Waals surface area contributed by atoms with E-state index in [9.17, 15) is 4.79 Å². The number of nitrogens with zero attached hydrogens (tertiary/aromatic N) is 1. The number of amides is 1. The molecule has 1 amide bonds. The van der Waals surface area contributed by atoms with Gasteiger partial charge in [0.25, 0.3) is 0 Å². The van der Waals surface area contributed by atoms with E-state index in [-0.39, 0.29) is 5.91 Å². The Morgan fingerprint density at radius 2 is 2.58 bits per heavy atom. The molecule has 0 radical (unpaired) electrons. The normalized spacial score (nSPS) is 9.83. The lowest BCUT2D eigenvalue weighted by molar-refractivity contribution is 0.0537. The van der Waals surface area contributed by atoms with Crippen molar-refractivity contribution in [2.75, 3.05) is 7.11 Å². The first-order chi connectivity index (χ1) is 5.77. The first kappa shape index (κ1) is 9.15. The Balaban J connectivity index is 2.68. The number of aromatic nitrogens is 1. The van der Waals surface area contributed by atoms with Crippen LogP contribution in [0, 0.1) is 0 Å². The smallest absolute Gasteiger partial charge is 0.277 e. The van der Waals surface area contributed by atoms with Gasteiger partial charge in [-0.25, -0.2) is 10.5 Å². The first-order valence-electron chi connectivity index (χ1n) is 3.56. The Labute approximate surface area is 74.5 Å². The molecule has 0 saturated heterocycles. The number of rotatable bonds is 3. The van der Waals surface area contributed by atoms with E-state index in [1.807, 2.05) is 6.92 Å². The highest BCUT2D eigenvalue weighted by atomic mass is 32.1. The van der Waals surface area contributed by atoms with Crippen molar-refractivity contribution in [3.63, 3.8) is 0 Å². The molecule has 0 aromatic carbocycles. The van der Waals surface area contributed by atoms with Gasteiger partial charge in [0.1, 0.15) is 0 Å². The number of carbonyl (C=O) groups excluding carboxylic acids is 1. The zero-order chi connectivity index (χ0) is 8.97. The monoisotopic (exact) mass is 186 g/mol. The molecule has 0 bridgehead atoms.